The third-order valence-electron chi connectivity index (χ3n) is 3.29. The van der Waals surface area contributed by atoms with E-state index in [9.17, 15) is 4.79 Å². The zero-order valence-corrected chi connectivity index (χ0v) is 14.0. The van der Waals surface area contributed by atoms with Gasteiger partial charge in [0.25, 0.3) is 0 Å². The molecule has 0 aromatic heterocycles. The molecule has 0 bridgehead atoms. The summed E-state index contributed by atoms with van der Waals surface area (Å²) in [6.45, 7) is 0.634. The second kappa shape index (κ2) is 8.11. The van der Waals surface area contributed by atoms with Crippen LogP contribution in [0, 0.1) is 5.41 Å². The number of carbonyl (C=O) groups excluding carboxylic acids is 1. The molecule has 0 unspecified atom stereocenters. The van der Waals surface area contributed by atoms with Gasteiger partial charge in [-0.15, -0.1) is 0 Å². The number of esters is 1. The highest BCUT2D eigenvalue weighted by Gasteiger charge is 2.39. The number of ether oxygens (including phenoxy) is 1. The number of rotatable bonds is 6. The van der Waals surface area contributed by atoms with Gasteiger partial charge in [-0.25, -0.2) is 0 Å². The highest BCUT2D eigenvalue weighted by molar-refractivity contribution is 14.1. The Morgan fingerprint density at radius 1 is 1.12 bits per heavy atom. The zero-order valence-electron chi connectivity index (χ0n) is 9.64. The molecule has 0 amide bonds. The van der Waals surface area contributed by atoms with Crippen molar-refractivity contribution < 1.29 is 9.53 Å². The lowest BCUT2D eigenvalue weighted by Crippen LogP contribution is -2.32. The molecule has 2 nitrogen and oxygen atoms in total. The summed E-state index contributed by atoms with van der Waals surface area (Å²) in [6, 6.07) is 0. The van der Waals surface area contributed by atoms with Crippen LogP contribution >= 0.6 is 45.2 Å². The molecule has 0 N–H and O–H groups in total. The van der Waals surface area contributed by atoms with Crippen molar-refractivity contribution in [3.8, 4) is 0 Å². The first-order chi connectivity index (χ1) is 7.75. The highest BCUT2D eigenvalue weighted by atomic mass is 127. The van der Waals surface area contributed by atoms with E-state index in [1.165, 1.54) is 0 Å². The molecule has 0 atom stereocenters. The number of hydrogen-bond donors (Lipinski definition) is 0. The fraction of sp³-hybridized carbons (Fsp3) is 0.917. The molecular formula is C12H20I2O2. The molecule has 0 aromatic rings. The molecule has 0 spiro atoms. The molecule has 1 heterocycles. The number of hydrogen-bond acceptors (Lipinski definition) is 2. The average Bonchev–Trinajstić information content (AvgIpc) is 2.48. The van der Waals surface area contributed by atoms with Crippen LogP contribution in [0.2, 0.25) is 0 Å². The lowest BCUT2D eigenvalue weighted by Gasteiger charge is -2.29. The maximum absolute atomic E-state index is 12.1. The van der Waals surface area contributed by atoms with Crippen LogP contribution in [0.25, 0.3) is 0 Å². The summed E-state index contributed by atoms with van der Waals surface area (Å²) >= 11 is 4.78. The smallest absolute Gasteiger partial charge is 0.312 e. The summed E-state index contributed by atoms with van der Waals surface area (Å²) in [5, 5.41) is 0. The van der Waals surface area contributed by atoms with Crippen molar-refractivity contribution in [2.24, 2.45) is 5.41 Å². The maximum Gasteiger partial charge on any atom is 0.312 e. The zero-order chi connectivity index (χ0) is 11.9. The van der Waals surface area contributed by atoms with Gasteiger partial charge in [0, 0.05) is 0 Å². The van der Waals surface area contributed by atoms with E-state index in [1.54, 1.807) is 0 Å². The topological polar surface area (TPSA) is 26.3 Å². The molecule has 0 aliphatic carbocycles. The molecule has 1 rings (SSSR count). The Labute approximate surface area is 126 Å². The molecule has 0 aromatic carbocycles. The Bertz CT molecular complexity index is 211. The Hall–Kier alpha value is 0.930. The van der Waals surface area contributed by atoms with Crippen LogP contribution in [0.4, 0.5) is 0 Å². The molecule has 1 saturated heterocycles. The Morgan fingerprint density at radius 3 is 2.31 bits per heavy atom. The third kappa shape index (κ3) is 4.31. The second-order valence-electron chi connectivity index (χ2n) is 4.46. The van der Waals surface area contributed by atoms with Crippen molar-refractivity contribution in [2.45, 2.75) is 44.9 Å². The van der Waals surface area contributed by atoms with E-state index in [4.69, 9.17) is 4.74 Å². The van der Waals surface area contributed by atoms with E-state index in [-0.39, 0.29) is 11.4 Å². The predicted octanol–water partition coefficient (Wildman–Crippen LogP) is 4.13. The largest absolute Gasteiger partial charge is 0.465 e. The summed E-state index contributed by atoms with van der Waals surface area (Å²) in [5.74, 6) is 0.0831. The number of alkyl halides is 2. The minimum atomic E-state index is -0.146. The summed E-state index contributed by atoms with van der Waals surface area (Å²) in [4.78, 5) is 12.1. The van der Waals surface area contributed by atoms with Gasteiger partial charge in [-0.3, -0.25) is 4.79 Å². The van der Waals surface area contributed by atoms with Crippen LogP contribution in [-0.4, -0.2) is 21.4 Å². The van der Waals surface area contributed by atoms with Crippen molar-refractivity contribution in [1.29, 1.82) is 0 Å². The van der Waals surface area contributed by atoms with Crippen molar-refractivity contribution in [3.63, 3.8) is 0 Å². The van der Waals surface area contributed by atoms with Gasteiger partial charge in [0.15, 0.2) is 0 Å². The van der Waals surface area contributed by atoms with E-state index >= 15 is 0 Å². The van der Waals surface area contributed by atoms with Crippen molar-refractivity contribution in [1.82, 2.24) is 0 Å². The Morgan fingerprint density at radius 2 is 1.75 bits per heavy atom. The van der Waals surface area contributed by atoms with E-state index in [0.29, 0.717) is 6.61 Å². The lowest BCUT2D eigenvalue weighted by atomic mass is 9.76. The minimum Gasteiger partial charge on any atom is -0.465 e. The summed E-state index contributed by atoms with van der Waals surface area (Å²) in [5.41, 5.74) is -0.146. The molecule has 0 saturated carbocycles. The van der Waals surface area contributed by atoms with Crippen molar-refractivity contribution >= 4 is 51.2 Å². The summed E-state index contributed by atoms with van der Waals surface area (Å²) < 4.78 is 7.64. The quantitative estimate of drug-likeness (QED) is 0.346. The molecule has 4 heteroatoms. The molecule has 94 valence electrons. The number of halogens is 2. The fourth-order valence-corrected chi connectivity index (χ4v) is 3.14. The van der Waals surface area contributed by atoms with Crippen molar-refractivity contribution in [3.05, 3.63) is 0 Å². The van der Waals surface area contributed by atoms with Crippen LogP contribution < -0.4 is 0 Å². The molecule has 1 fully saturated rings. The molecule has 1 aliphatic rings. The molecule has 0 radical (unpaired) electrons. The van der Waals surface area contributed by atoms with E-state index in [0.717, 1.165) is 53.8 Å². The van der Waals surface area contributed by atoms with E-state index < -0.39 is 0 Å². The van der Waals surface area contributed by atoms with Crippen molar-refractivity contribution in [2.75, 3.05) is 15.5 Å². The monoisotopic (exact) mass is 450 g/mol. The number of carbonyl (C=O) groups is 1. The van der Waals surface area contributed by atoms with E-state index in [2.05, 4.69) is 45.2 Å². The van der Waals surface area contributed by atoms with Gasteiger partial charge < -0.3 is 4.74 Å². The third-order valence-corrected chi connectivity index (χ3v) is 4.82. The lowest BCUT2D eigenvalue weighted by molar-refractivity contribution is -0.155. The first-order valence-corrected chi connectivity index (χ1v) is 9.09. The first-order valence-electron chi connectivity index (χ1n) is 6.04. The van der Waals surface area contributed by atoms with Crippen LogP contribution in [0.3, 0.4) is 0 Å². The summed E-state index contributed by atoms with van der Waals surface area (Å²) in [6.07, 6.45) is 7.54. The SMILES string of the molecule is O=C1OCCCCC1(CCCI)CCCI. The van der Waals surface area contributed by atoms with Gasteiger partial charge in [0.1, 0.15) is 0 Å². The van der Waals surface area contributed by atoms with Gasteiger partial charge in [0.05, 0.1) is 12.0 Å². The van der Waals surface area contributed by atoms with Crippen LogP contribution in [0.15, 0.2) is 0 Å². The van der Waals surface area contributed by atoms with Crippen LogP contribution in [0.5, 0.6) is 0 Å². The normalized spacial score (nSPS) is 20.2. The van der Waals surface area contributed by atoms with E-state index in [1.807, 2.05) is 0 Å². The predicted molar refractivity (Wildman–Crippen MR) is 83.5 cm³/mol. The van der Waals surface area contributed by atoms with Gasteiger partial charge in [0.2, 0.25) is 0 Å². The minimum absolute atomic E-state index is 0.0831. The van der Waals surface area contributed by atoms with Crippen LogP contribution in [-0.2, 0) is 9.53 Å². The average molecular weight is 450 g/mol. The number of cyclic esters (lactones) is 1. The fourth-order valence-electron chi connectivity index (χ4n) is 2.38. The molecule has 16 heavy (non-hydrogen) atoms. The Balaban J connectivity index is 2.67. The van der Waals surface area contributed by atoms with Crippen LogP contribution in [0.1, 0.15) is 44.9 Å². The first kappa shape index (κ1) is 15.0. The maximum atomic E-state index is 12.1. The van der Waals surface area contributed by atoms with Gasteiger partial charge in [-0.05, 0) is 53.8 Å². The highest BCUT2D eigenvalue weighted by Crippen LogP contribution is 2.39. The standard InChI is InChI=1S/C12H20I2O2/c13-8-3-6-12(7-4-9-14)5-1-2-10-16-11(12)15/h1-10H2. The molecular weight excluding hydrogens is 430 g/mol. The van der Waals surface area contributed by atoms with Gasteiger partial charge >= 0.3 is 5.97 Å². The summed E-state index contributed by atoms with van der Waals surface area (Å²) in [7, 11) is 0. The van der Waals surface area contributed by atoms with Gasteiger partial charge in [-0.1, -0.05) is 45.2 Å². The Kier molecular flexibility index (Phi) is 7.59. The molecule has 1 aliphatic heterocycles. The second-order valence-corrected chi connectivity index (χ2v) is 6.62. The van der Waals surface area contributed by atoms with Gasteiger partial charge in [-0.2, -0.15) is 0 Å².